The predicted molar refractivity (Wildman–Crippen MR) is 125 cm³/mol. The van der Waals surface area contributed by atoms with Crippen molar-refractivity contribution in [3.63, 3.8) is 0 Å². The van der Waals surface area contributed by atoms with Crippen LogP contribution in [0.25, 0.3) is 16.7 Å². The molecule has 4 heterocycles. The van der Waals surface area contributed by atoms with Crippen LogP contribution in [-0.4, -0.2) is 60.7 Å². The Balaban J connectivity index is 1.54. The van der Waals surface area contributed by atoms with Crippen molar-refractivity contribution in [2.45, 2.75) is 45.5 Å². The Morgan fingerprint density at radius 3 is 2.56 bits per heavy atom. The van der Waals surface area contributed by atoms with Gasteiger partial charge in [-0.25, -0.2) is 14.8 Å². The number of alkyl halides is 3. The first kappa shape index (κ1) is 24.5. The summed E-state index contributed by atoms with van der Waals surface area (Å²) in [5.41, 5.74) is 1.44. The van der Waals surface area contributed by atoms with Crippen molar-refractivity contribution in [2.24, 2.45) is 0 Å². The molecule has 1 saturated heterocycles. The van der Waals surface area contributed by atoms with Crippen molar-refractivity contribution in [3.05, 3.63) is 63.4 Å². The summed E-state index contributed by atoms with van der Waals surface area (Å²) in [6.45, 7) is 6.17. The molecule has 9 nitrogen and oxygen atoms in total. The third-order valence-electron chi connectivity index (χ3n) is 5.84. The molecular formula is C23H22ClF3N6O3. The lowest BCUT2D eigenvalue weighted by Gasteiger charge is -2.35. The lowest BCUT2D eigenvalue weighted by atomic mass is 10.1. The van der Waals surface area contributed by atoms with Crippen LogP contribution in [0, 0.1) is 0 Å². The summed E-state index contributed by atoms with van der Waals surface area (Å²) in [5, 5.41) is 4.44. The number of pyridine rings is 1. The van der Waals surface area contributed by atoms with E-state index in [0.29, 0.717) is 28.8 Å². The number of benzene rings is 1. The van der Waals surface area contributed by atoms with E-state index in [-0.39, 0.29) is 23.8 Å². The second-order valence-corrected chi connectivity index (χ2v) is 9.25. The summed E-state index contributed by atoms with van der Waals surface area (Å²) < 4.78 is 50.6. The number of nitrogens with zero attached hydrogens (tertiary/aromatic N) is 6. The molecule has 0 N–H and O–H groups in total. The lowest BCUT2D eigenvalue weighted by molar-refractivity contribution is -0.274. The molecule has 190 valence electrons. The number of fused-ring (bicyclic) bond motifs is 3. The topological polar surface area (TPSA) is 86.8 Å². The van der Waals surface area contributed by atoms with Gasteiger partial charge in [0, 0.05) is 25.8 Å². The molecule has 1 aliphatic heterocycles. The van der Waals surface area contributed by atoms with Gasteiger partial charge < -0.3 is 9.47 Å². The molecule has 0 aliphatic carbocycles. The first-order valence-corrected chi connectivity index (χ1v) is 11.6. The Morgan fingerprint density at radius 1 is 1.08 bits per heavy atom. The Morgan fingerprint density at radius 2 is 1.83 bits per heavy atom. The second kappa shape index (κ2) is 9.34. The molecule has 36 heavy (non-hydrogen) atoms. The van der Waals surface area contributed by atoms with Gasteiger partial charge >= 0.3 is 12.1 Å². The van der Waals surface area contributed by atoms with Gasteiger partial charge in [-0.05, 0) is 43.2 Å². The summed E-state index contributed by atoms with van der Waals surface area (Å²) in [6, 6.07) is 5.86. The first-order chi connectivity index (χ1) is 17.1. The van der Waals surface area contributed by atoms with Crippen molar-refractivity contribution in [1.29, 1.82) is 0 Å². The van der Waals surface area contributed by atoms with Gasteiger partial charge in [0.15, 0.2) is 5.65 Å². The van der Waals surface area contributed by atoms with Crippen LogP contribution in [0.4, 0.5) is 13.2 Å². The fourth-order valence-electron chi connectivity index (χ4n) is 4.58. The zero-order valence-electron chi connectivity index (χ0n) is 19.4. The zero-order chi connectivity index (χ0) is 25.6. The quantitative estimate of drug-likeness (QED) is 0.395. The molecule has 0 spiro atoms. The summed E-state index contributed by atoms with van der Waals surface area (Å²) in [5.74, 6) is -0.551. The van der Waals surface area contributed by atoms with Crippen LogP contribution in [0.15, 0.2) is 41.6 Å². The first-order valence-electron chi connectivity index (χ1n) is 11.2. The highest BCUT2D eigenvalue weighted by Crippen LogP contribution is 2.31. The van der Waals surface area contributed by atoms with E-state index in [9.17, 15) is 18.0 Å². The lowest BCUT2D eigenvalue weighted by Crippen LogP contribution is -2.44. The number of rotatable bonds is 5. The van der Waals surface area contributed by atoms with E-state index in [1.54, 1.807) is 6.20 Å². The Hall–Kier alpha value is -3.22. The molecule has 13 heteroatoms. The zero-order valence-corrected chi connectivity index (χ0v) is 20.1. The van der Waals surface area contributed by atoms with Crippen LogP contribution in [0.3, 0.4) is 0 Å². The highest BCUT2D eigenvalue weighted by Gasteiger charge is 2.32. The van der Waals surface area contributed by atoms with Gasteiger partial charge in [-0.15, -0.1) is 13.2 Å². The van der Waals surface area contributed by atoms with Gasteiger partial charge in [0.05, 0.1) is 29.2 Å². The molecule has 4 aromatic rings. The van der Waals surface area contributed by atoms with Crippen LogP contribution in [-0.2, 0) is 17.8 Å². The van der Waals surface area contributed by atoms with E-state index in [1.807, 2.05) is 19.9 Å². The Labute approximate surface area is 208 Å². The molecule has 0 bridgehead atoms. The molecule has 1 aliphatic rings. The largest absolute Gasteiger partial charge is 0.573 e. The van der Waals surface area contributed by atoms with Crippen LogP contribution in [0.2, 0.25) is 5.02 Å². The summed E-state index contributed by atoms with van der Waals surface area (Å²) in [6.07, 6.45) is -1.71. The highest BCUT2D eigenvalue weighted by atomic mass is 35.5. The van der Waals surface area contributed by atoms with E-state index >= 15 is 0 Å². The van der Waals surface area contributed by atoms with Crippen LogP contribution in [0.5, 0.6) is 5.75 Å². The van der Waals surface area contributed by atoms with Crippen molar-refractivity contribution in [1.82, 2.24) is 29.0 Å². The monoisotopic (exact) mass is 522 g/mol. The molecule has 5 rings (SSSR count). The smallest absolute Gasteiger partial charge is 0.404 e. The number of aromatic nitrogens is 5. The fourth-order valence-corrected chi connectivity index (χ4v) is 4.74. The maximum absolute atomic E-state index is 13.2. The van der Waals surface area contributed by atoms with Crippen molar-refractivity contribution in [3.8, 4) is 5.75 Å². The number of halogens is 4. The van der Waals surface area contributed by atoms with E-state index < -0.39 is 17.8 Å². The molecule has 0 amide bonds. The maximum atomic E-state index is 13.2. The molecule has 1 fully saturated rings. The Kier molecular flexibility index (Phi) is 6.35. The van der Waals surface area contributed by atoms with Gasteiger partial charge in [-0.2, -0.15) is 9.61 Å². The van der Waals surface area contributed by atoms with Crippen LogP contribution >= 0.6 is 11.6 Å². The molecule has 0 saturated carbocycles. The Bertz CT molecular complexity index is 1480. The highest BCUT2D eigenvalue weighted by molar-refractivity contribution is 6.32. The number of morpholine rings is 1. The maximum Gasteiger partial charge on any atom is 0.573 e. The van der Waals surface area contributed by atoms with E-state index in [1.165, 1.54) is 23.0 Å². The molecule has 2 atom stereocenters. The third-order valence-corrected chi connectivity index (χ3v) is 6.16. The molecular weight excluding hydrogens is 501 g/mol. The minimum Gasteiger partial charge on any atom is -0.404 e. The van der Waals surface area contributed by atoms with Crippen LogP contribution in [0.1, 0.15) is 25.0 Å². The van der Waals surface area contributed by atoms with Crippen LogP contribution < -0.4 is 10.4 Å². The standard InChI is InChI=1S/C23H22ClF3N6O3/c1-13-8-31(9-14(2)35-13)10-16-5-17-20(28-7-16)32(22(34)33-21(17)29-12-30-33)11-15-3-4-18(24)19(6-15)36-23(25,26)27/h3-7,12-14H,8-11H2,1-2H3/t13-,14+. The summed E-state index contributed by atoms with van der Waals surface area (Å²) in [4.78, 5) is 24.3. The SMILES string of the molecule is C[C@@H]1CN(Cc2cnc3c(c2)c2ncnn2c(=O)n3Cc2ccc(Cl)c(OC(F)(F)F)c2)C[C@H](C)O1. The van der Waals surface area contributed by atoms with E-state index in [2.05, 4.69) is 24.7 Å². The second-order valence-electron chi connectivity index (χ2n) is 8.84. The summed E-state index contributed by atoms with van der Waals surface area (Å²) >= 11 is 5.87. The van der Waals surface area contributed by atoms with Crippen molar-refractivity contribution >= 4 is 28.3 Å². The average molecular weight is 523 g/mol. The minimum absolute atomic E-state index is 0.0820. The van der Waals surface area contributed by atoms with E-state index in [0.717, 1.165) is 29.2 Å². The number of hydrogen-bond acceptors (Lipinski definition) is 7. The van der Waals surface area contributed by atoms with E-state index in [4.69, 9.17) is 16.3 Å². The van der Waals surface area contributed by atoms with Crippen molar-refractivity contribution < 1.29 is 22.6 Å². The third kappa shape index (κ3) is 5.01. The minimum atomic E-state index is -4.90. The van der Waals surface area contributed by atoms with Gasteiger partial charge in [-0.1, -0.05) is 17.7 Å². The van der Waals surface area contributed by atoms with Gasteiger partial charge in [-0.3, -0.25) is 9.47 Å². The number of ether oxygens (including phenoxy) is 2. The summed E-state index contributed by atoms with van der Waals surface area (Å²) in [7, 11) is 0. The fraction of sp³-hybridized carbons (Fsp3) is 0.391. The molecule has 1 aromatic carbocycles. The predicted octanol–water partition coefficient (Wildman–Crippen LogP) is 3.65. The molecule has 0 radical (unpaired) electrons. The number of hydrogen-bond donors (Lipinski definition) is 0. The van der Waals surface area contributed by atoms with Gasteiger partial charge in [0.1, 0.15) is 17.7 Å². The van der Waals surface area contributed by atoms with Gasteiger partial charge in [0.25, 0.3) is 0 Å². The van der Waals surface area contributed by atoms with Crippen molar-refractivity contribution in [2.75, 3.05) is 13.1 Å². The molecule has 3 aromatic heterocycles. The normalized spacial score (nSPS) is 19.3. The molecule has 0 unspecified atom stereocenters. The average Bonchev–Trinajstić information content (AvgIpc) is 3.28. The van der Waals surface area contributed by atoms with Gasteiger partial charge in [0.2, 0.25) is 0 Å².